The number of hydrogen-bond donors (Lipinski definition) is 2. The Morgan fingerprint density at radius 1 is 1.23 bits per heavy atom. The van der Waals surface area contributed by atoms with Gasteiger partial charge in [0.2, 0.25) is 0 Å². The van der Waals surface area contributed by atoms with Crippen LogP contribution in [0.1, 0.15) is 31.7 Å². The highest BCUT2D eigenvalue weighted by atomic mass is 35.5. The van der Waals surface area contributed by atoms with Crippen LogP contribution in [-0.2, 0) is 4.74 Å². The van der Waals surface area contributed by atoms with Crippen LogP contribution in [0.25, 0.3) is 22.2 Å². The maximum atomic E-state index is 11.9. The normalized spacial score (nSPS) is 14.2. The molecule has 1 saturated carbocycles. The zero-order valence-corrected chi connectivity index (χ0v) is 17.7. The van der Waals surface area contributed by atoms with E-state index < -0.39 is 6.09 Å². The van der Waals surface area contributed by atoms with E-state index in [9.17, 15) is 4.79 Å². The molecule has 1 heterocycles. The summed E-state index contributed by atoms with van der Waals surface area (Å²) in [7, 11) is 1.67. The van der Waals surface area contributed by atoms with Gasteiger partial charge in [-0.3, -0.25) is 5.32 Å². The predicted molar refractivity (Wildman–Crippen MR) is 122 cm³/mol. The summed E-state index contributed by atoms with van der Waals surface area (Å²) in [5.41, 5.74) is 11.0. The quantitative estimate of drug-likeness (QED) is 0.487. The SMILES string of the molecule is COc1ccc2c(N)c(-c3cccc(NC(=O)OCCCl)c3)n(C3CCCC3)c2c1. The highest BCUT2D eigenvalue weighted by Crippen LogP contribution is 2.44. The van der Waals surface area contributed by atoms with Crippen molar-refractivity contribution in [3.63, 3.8) is 0 Å². The number of carbonyl (C=O) groups is 1. The highest BCUT2D eigenvalue weighted by Gasteiger charge is 2.25. The largest absolute Gasteiger partial charge is 0.497 e. The number of carbonyl (C=O) groups excluding carboxylic acids is 1. The number of amides is 1. The lowest BCUT2D eigenvalue weighted by molar-refractivity contribution is 0.168. The van der Waals surface area contributed by atoms with Gasteiger partial charge in [0.25, 0.3) is 0 Å². The smallest absolute Gasteiger partial charge is 0.411 e. The van der Waals surface area contributed by atoms with Gasteiger partial charge >= 0.3 is 6.09 Å². The van der Waals surface area contributed by atoms with Crippen molar-refractivity contribution in [1.29, 1.82) is 0 Å². The Hall–Kier alpha value is -2.86. The second kappa shape index (κ2) is 8.88. The Bertz CT molecular complexity index is 1060. The number of methoxy groups -OCH3 is 1. The van der Waals surface area contributed by atoms with E-state index in [0.717, 1.165) is 46.4 Å². The molecule has 158 valence electrons. The van der Waals surface area contributed by atoms with Gasteiger partial charge in [-0.25, -0.2) is 4.79 Å². The fourth-order valence-electron chi connectivity index (χ4n) is 4.31. The Labute approximate surface area is 180 Å². The summed E-state index contributed by atoms with van der Waals surface area (Å²) in [6, 6.07) is 14.1. The van der Waals surface area contributed by atoms with Crippen LogP contribution in [0.5, 0.6) is 5.75 Å². The maximum absolute atomic E-state index is 11.9. The second-order valence-electron chi connectivity index (χ2n) is 7.48. The van der Waals surface area contributed by atoms with Gasteiger partial charge in [-0.2, -0.15) is 0 Å². The Morgan fingerprint density at radius 3 is 2.77 bits per heavy atom. The van der Waals surface area contributed by atoms with Gasteiger partial charge in [0, 0.05) is 28.7 Å². The van der Waals surface area contributed by atoms with E-state index >= 15 is 0 Å². The number of nitrogens with two attached hydrogens (primary N) is 1. The summed E-state index contributed by atoms with van der Waals surface area (Å²) in [4.78, 5) is 11.9. The number of anilines is 2. The molecule has 1 amide bonds. The molecular weight excluding hydrogens is 402 g/mol. The summed E-state index contributed by atoms with van der Waals surface area (Å²) in [5.74, 6) is 1.07. The molecular formula is C23H26ClN3O3. The third-order valence-corrected chi connectivity index (χ3v) is 5.79. The van der Waals surface area contributed by atoms with Crippen molar-refractivity contribution in [2.45, 2.75) is 31.7 Å². The van der Waals surface area contributed by atoms with Gasteiger partial charge in [0.05, 0.1) is 29.9 Å². The van der Waals surface area contributed by atoms with Gasteiger partial charge in [-0.05, 0) is 37.1 Å². The van der Waals surface area contributed by atoms with Gasteiger partial charge in [0.15, 0.2) is 0 Å². The number of alkyl halides is 1. The number of aromatic nitrogens is 1. The standard InChI is InChI=1S/C23H26ClN3O3/c1-29-18-9-10-19-20(14-18)27(17-7-2-3-8-17)22(21(19)25)15-5-4-6-16(13-15)26-23(28)30-12-11-24/h4-6,9-10,13-14,17H,2-3,7-8,11-12,25H2,1H3,(H,26,28). The number of hydrogen-bond acceptors (Lipinski definition) is 4. The molecule has 3 aromatic rings. The summed E-state index contributed by atoms with van der Waals surface area (Å²) < 4.78 is 12.8. The molecule has 0 unspecified atom stereocenters. The molecule has 0 atom stereocenters. The predicted octanol–water partition coefficient (Wildman–Crippen LogP) is 5.80. The van der Waals surface area contributed by atoms with E-state index in [1.807, 2.05) is 36.4 Å². The minimum atomic E-state index is -0.526. The number of nitrogens with zero attached hydrogens (tertiary/aromatic N) is 1. The number of benzene rings is 2. The molecule has 1 aliphatic carbocycles. The Kier molecular flexibility index (Phi) is 6.04. The van der Waals surface area contributed by atoms with E-state index in [4.69, 9.17) is 26.8 Å². The molecule has 1 aromatic heterocycles. The van der Waals surface area contributed by atoms with Crippen molar-refractivity contribution < 1.29 is 14.3 Å². The van der Waals surface area contributed by atoms with E-state index in [0.29, 0.717) is 11.7 Å². The first-order valence-corrected chi connectivity index (χ1v) is 10.7. The molecule has 0 spiro atoms. The van der Waals surface area contributed by atoms with Gasteiger partial charge < -0.3 is 19.8 Å². The highest BCUT2D eigenvalue weighted by molar-refractivity contribution is 6.18. The molecule has 3 N–H and O–H groups in total. The van der Waals surface area contributed by atoms with Crippen molar-refractivity contribution in [1.82, 2.24) is 4.57 Å². The lowest BCUT2D eigenvalue weighted by atomic mass is 10.1. The summed E-state index contributed by atoms with van der Waals surface area (Å²) in [6.45, 7) is 0.164. The van der Waals surface area contributed by atoms with Crippen LogP contribution in [-0.4, -0.2) is 30.3 Å². The molecule has 1 fully saturated rings. The van der Waals surface area contributed by atoms with E-state index in [2.05, 4.69) is 16.0 Å². The average molecular weight is 428 g/mol. The third kappa shape index (κ3) is 3.92. The minimum Gasteiger partial charge on any atom is -0.497 e. The van der Waals surface area contributed by atoms with Crippen molar-refractivity contribution >= 4 is 40.0 Å². The van der Waals surface area contributed by atoms with Gasteiger partial charge in [0.1, 0.15) is 12.4 Å². The first-order chi connectivity index (χ1) is 14.6. The van der Waals surface area contributed by atoms with Crippen LogP contribution in [0.4, 0.5) is 16.2 Å². The van der Waals surface area contributed by atoms with Crippen LogP contribution in [0.3, 0.4) is 0 Å². The lowest BCUT2D eigenvalue weighted by Crippen LogP contribution is -2.15. The number of halogens is 1. The van der Waals surface area contributed by atoms with Gasteiger partial charge in [-0.15, -0.1) is 11.6 Å². The van der Waals surface area contributed by atoms with Crippen molar-refractivity contribution in [3.8, 4) is 17.0 Å². The van der Waals surface area contributed by atoms with Crippen molar-refractivity contribution in [3.05, 3.63) is 42.5 Å². The summed E-state index contributed by atoms with van der Waals surface area (Å²) >= 11 is 5.58. The molecule has 0 radical (unpaired) electrons. The third-order valence-electron chi connectivity index (χ3n) is 5.63. The summed E-state index contributed by atoms with van der Waals surface area (Å²) in [6.07, 6.45) is 4.14. The molecule has 0 bridgehead atoms. The van der Waals surface area contributed by atoms with Crippen molar-refractivity contribution in [2.75, 3.05) is 30.6 Å². The first kappa shape index (κ1) is 20.4. The Balaban J connectivity index is 1.80. The molecule has 6 nitrogen and oxygen atoms in total. The molecule has 0 saturated heterocycles. The lowest BCUT2D eigenvalue weighted by Gasteiger charge is -2.19. The van der Waals surface area contributed by atoms with Crippen LogP contribution in [0.2, 0.25) is 0 Å². The molecule has 2 aromatic carbocycles. The first-order valence-electron chi connectivity index (χ1n) is 10.2. The molecule has 1 aliphatic rings. The minimum absolute atomic E-state index is 0.164. The van der Waals surface area contributed by atoms with E-state index in [1.54, 1.807) is 7.11 Å². The van der Waals surface area contributed by atoms with E-state index in [1.165, 1.54) is 12.8 Å². The van der Waals surface area contributed by atoms with Crippen molar-refractivity contribution in [2.24, 2.45) is 0 Å². The van der Waals surface area contributed by atoms with Crippen LogP contribution >= 0.6 is 11.6 Å². The second-order valence-corrected chi connectivity index (χ2v) is 7.86. The zero-order valence-electron chi connectivity index (χ0n) is 17.0. The fraction of sp³-hybridized carbons (Fsp3) is 0.348. The topological polar surface area (TPSA) is 78.5 Å². The van der Waals surface area contributed by atoms with E-state index in [-0.39, 0.29) is 12.5 Å². The average Bonchev–Trinajstić information content (AvgIpc) is 3.38. The molecule has 4 rings (SSSR count). The van der Waals surface area contributed by atoms with Gasteiger partial charge in [-0.1, -0.05) is 25.0 Å². The molecule has 30 heavy (non-hydrogen) atoms. The number of nitrogens with one attached hydrogen (secondary N) is 1. The molecule has 7 heteroatoms. The zero-order chi connectivity index (χ0) is 21.1. The van der Waals surface area contributed by atoms with Crippen LogP contribution in [0.15, 0.2) is 42.5 Å². The Morgan fingerprint density at radius 2 is 2.03 bits per heavy atom. The molecule has 0 aliphatic heterocycles. The number of nitrogen functional groups attached to an aromatic ring is 1. The van der Waals surface area contributed by atoms with Crippen LogP contribution < -0.4 is 15.8 Å². The monoisotopic (exact) mass is 427 g/mol. The summed E-state index contributed by atoms with van der Waals surface area (Å²) in [5, 5.41) is 3.77. The number of rotatable bonds is 6. The number of fused-ring (bicyclic) bond motifs is 1. The maximum Gasteiger partial charge on any atom is 0.411 e. The fourth-order valence-corrected chi connectivity index (χ4v) is 4.39. The number of ether oxygens (including phenoxy) is 2. The van der Waals surface area contributed by atoms with Crippen LogP contribution in [0, 0.1) is 0 Å².